The van der Waals surface area contributed by atoms with Gasteiger partial charge in [0.1, 0.15) is 5.75 Å². The van der Waals surface area contributed by atoms with Gasteiger partial charge in [0, 0.05) is 12.1 Å². The van der Waals surface area contributed by atoms with E-state index in [1.807, 2.05) is 0 Å². The van der Waals surface area contributed by atoms with Crippen molar-refractivity contribution in [2.75, 3.05) is 13.2 Å². The van der Waals surface area contributed by atoms with Crippen molar-refractivity contribution in [3.8, 4) is 5.75 Å². The summed E-state index contributed by atoms with van der Waals surface area (Å²) in [4.78, 5) is 11.7. The van der Waals surface area contributed by atoms with Gasteiger partial charge >= 0.3 is 0 Å². The van der Waals surface area contributed by atoms with E-state index in [9.17, 15) is 4.79 Å². The molecule has 0 bridgehead atoms. The van der Waals surface area contributed by atoms with E-state index in [2.05, 4.69) is 19.2 Å². The first kappa shape index (κ1) is 15.5. The molecule has 2 N–H and O–H groups in total. The number of aliphatic hydroxyl groups is 1. The highest BCUT2D eigenvalue weighted by Gasteiger charge is 2.06. The topological polar surface area (TPSA) is 58.6 Å². The third-order valence-electron chi connectivity index (χ3n) is 2.64. The van der Waals surface area contributed by atoms with Gasteiger partial charge < -0.3 is 15.2 Å². The van der Waals surface area contributed by atoms with Gasteiger partial charge in [-0.25, -0.2) is 0 Å². The highest BCUT2D eigenvalue weighted by Crippen LogP contribution is 2.13. The van der Waals surface area contributed by atoms with Gasteiger partial charge in [-0.05, 0) is 43.5 Å². The van der Waals surface area contributed by atoms with Crippen LogP contribution in [0.5, 0.6) is 5.75 Å². The van der Waals surface area contributed by atoms with Crippen molar-refractivity contribution >= 4 is 5.91 Å². The van der Waals surface area contributed by atoms with Crippen molar-refractivity contribution in [3.63, 3.8) is 0 Å². The predicted molar refractivity (Wildman–Crippen MR) is 75.4 cm³/mol. The molecule has 1 amide bonds. The molecule has 4 nitrogen and oxygen atoms in total. The Bertz CT molecular complexity index is 385. The van der Waals surface area contributed by atoms with Crippen molar-refractivity contribution in [1.29, 1.82) is 0 Å². The minimum Gasteiger partial charge on any atom is -0.494 e. The molecule has 1 aromatic rings. The summed E-state index contributed by atoms with van der Waals surface area (Å²) in [6.07, 6.45) is 0.471. The van der Waals surface area contributed by atoms with Crippen LogP contribution >= 0.6 is 0 Å². The third-order valence-corrected chi connectivity index (χ3v) is 2.64. The number of aliphatic hydroxyl groups excluding tert-OH is 1. The molecule has 0 fully saturated rings. The second-order valence-corrected chi connectivity index (χ2v) is 5.11. The number of rotatable bonds is 7. The van der Waals surface area contributed by atoms with Crippen molar-refractivity contribution in [3.05, 3.63) is 29.8 Å². The van der Waals surface area contributed by atoms with Gasteiger partial charge in [-0.15, -0.1) is 0 Å². The van der Waals surface area contributed by atoms with E-state index >= 15 is 0 Å². The first-order valence-corrected chi connectivity index (χ1v) is 6.68. The molecule has 0 spiro atoms. The summed E-state index contributed by atoms with van der Waals surface area (Å²) in [7, 11) is 0. The van der Waals surface area contributed by atoms with Crippen molar-refractivity contribution in [2.45, 2.75) is 33.3 Å². The van der Waals surface area contributed by atoms with Gasteiger partial charge in [-0.1, -0.05) is 13.8 Å². The molecule has 1 aromatic carbocycles. The lowest BCUT2D eigenvalue weighted by atomic mass is 10.1. The summed E-state index contributed by atoms with van der Waals surface area (Å²) in [6, 6.07) is 7.03. The van der Waals surface area contributed by atoms with Crippen LogP contribution in [0.2, 0.25) is 0 Å². The number of carbonyl (C=O) groups excluding carboxylic acids is 1. The summed E-state index contributed by atoms with van der Waals surface area (Å²) < 4.78 is 5.58. The Kier molecular flexibility index (Phi) is 6.36. The van der Waals surface area contributed by atoms with Gasteiger partial charge in [0.05, 0.1) is 12.7 Å². The van der Waals surface area contributed by atoms with Gasteiger partial charge in [0.25, 0.3) is 5.91 Å². The minimum absolute atomic E-state index is 0.186. The number of amides is 1. The maximum Gasteiger partial charge on any atom is 0.251 e. The maximum absolute atomic E-state index is 11.7. The van der Waals surface area contributed by atoms with Gasteiger partial charge in [-0.3, -0.25) is 4.79 Å². The highest BCUT2D eigenvalue weighted by molar-refractivity contribution is 5.94. The van der Waals surface area contributed by atoms with Crippen LogP contribution < -0.4 is 10.1 Å². The maximum atomic E-state index is 11.7. The summed E-state index contributed by atoms with van der Waals surface area (Å²) in [5, 5.41) is 11.7. The number of carbonyl (C=O) groups is 1. The SMILES string of the molecule is CC(C)CCOc1ccc(C(=O)NCC(C)O)cc1. The summed E-state index contributed by atoms with van der Waals surface area (Å²) >= 11 is 0. The molecule has 1 unspecified atom stereocenters. The second-order valence-electron chi connectivity index (χ2n) is 5.11. The van der Waals surface area contributed by atoms with Crippen LogP contribution in [0.4, 0.5) is 0 Å². The fraction of sp³-hybridized carbons (Fsp3) is 0.533. The Balaban J connectivity index is 2.44. The Morgan fingerprint density at radius 1 is 1.26 bits per heavy atom. The largest absolute Gasteiger partial charge is 0.494 e. The summed E-state index contributed by atoms with van der Waals surface area (Å²) in [5.41, 5.74) is 0.567. The molecule has 0 aliphatic rings. The Labute approximate surface area is 114 Å². The lowest BCUT2D eigenvalue weighted by Gasteiger charge is -2.09. The van der Waals surface area contributed by atoms with Crippen molar-refractivity contribution in [2.24, 2.45) is 5.92 Å². The average Bonchev–Trinajstić information content (AvgIpc) is 2.36. The van der Waals surface area contributed by atoms with Crippen LogP contribution in [0, 0.1) is 5.92 Å². The molecule has 0 saturated heterocycles. The van der Waals surface area contributed by atoms with E-state index in [-0.39, 0.29) is 12.5 Å². The Morgan fingerprint density at radius 3 is 2.42 bits per heavy atom. The standard InChI is InChI=1S/C15H23NO3/c1-11(2)8-9-19-14-6-4-13(5-7-14)15(18)16-10-12(3)17/h4-7,11-12,17H,8-10H2,1-3H3,(H,16,18). The smallest absolute Gasteiger partial charge is 0.251 e. The molecule has 0 saturated carbocycles. The zero-order valence-corrected chi connectivity index (χ0v) is 11.8. The fourth-order valence-corrected chi connectivity index (χ4v) is 1.46. The molecule has 0 aliphatic heterocycles. The quantitative estimate of drug-likeness (QED) is 0.794. The Hall–Kier alpha value is -1.55. The molecule has 106 valence electrons. The number of benzene rings is 1. The molecule has 19 heavy (non-hydrogen) atoms. The van der Waals surface area contributed by atoms with E-state index in [1.54, 1.807) is 31.2 Å². The molecule has 0 aliphatic carbocycles. The first-order chi connectivity index (χ1) is 8.99. The molecule has 4 heteroatoms. The number of ether oxygens (including phenoxy) is 1. The van der Waals surface area contributed by atoms with Crippen LogP contribution in [0.25, 0.3) is 0 Å². The molecular formula is C15H23NO3. The monoisotopic (exact) mass is 265 g/mol. The second kappa shape index (κ2) is 7.79. The van der Waals surface area contributed by atoms with Gasteiger partial charge in [0.15, 0.2) is 0 Å². The number of hydrogen-bond acceptors (Lipinski definition) is 3. The molecule has 0 aromatic heterocycles. The zero-order valence-electron chi connectivity index (χ0n) is 11.8. The van der Waals surface area contributed by atoms with Crippen LogP contribution in [-0.2, 0) is 0 Å². The van der Waals surface area contributed by atoms with E-state index in [1.165, 1.54) is 0 Å². The zero-order chi connectivity index (χ0) is 14.3. The fourth-order valence-electron chi connectivity index (χ4n) is 1.46. The number of nitrogens with one attached hydrogen (secondary N) is 1. The lowest BCUT2D eigenvalue weighted by Crippen LogP contribution is -2.30. The summed E-state index contributed by atoms with van der Waals surface area (Å²) in [6.45, 7) is 6.88. The van der Waals surface area contributed by atoms with Crippen molar-refractivity contribution < 1.29 is 14.6 Å². The average molecular weight is 265 g/mol. The first-order valence-electron chi connectivity index (χ1n) is 6.68. The van der Waals surface area contributed by atoms with Gasteiger partial charge in [0.2, 0.25) is 0 Å². The van der Waals surface area contributed by atoms with Crippen LogP contribution in [0.1, 0.15) is 37.6 Å². The van der Waals surface area contributed by atoms with Crippen LogP contribution in [0.15, 0.2) is 24.3 Å². The van der Waals surface area contributed by atoms with E-state index in [0.717, 1.165) is 12.2 Å². The number of hydrogen-bond donors (Lipinski definition) is 2. The highest BCUT2D eigenvalue weighted by atomic mass is 16.5. The third kappa shape index (κ3) is 6.25. The van der Waals surface area contributed by atoms with E-state index in [0.29, 0.717) is 18.1 Å². The molecular weight excluding hydrogens is 242 g/mol. The van der Waals surface area contributed by atoms with Gasteiger partial charge in [-0.2, -0.15) is 0 Å². The van der Waals surface area contributed by atoms with E-state index < -0.39 is 6.10 Å². The van der Waals surface area contributed by atoms with Crippen LogP contribution in [-0.4, -0.2) is 30.3 Å². The molecule has 1 atom stereocenters. The van der Waals surface area contributed by atoms with E-state index in [4.69, 9.17) is 9.84 Å². The van der Waals surface area contributed by atoms with Crippen molar-refractivity contribution in [1.82, 2.24) is 5.32 Å². The molecule has 0 radical (unpaired) electrons. The molecule has 1 rings (SSSR count). The minimum atomic E-state index is -0.539. The molecule has 0 heterocycles. The normalized spacial score (nSPS) is 12.3. The predicted octanol–water partition coefficient (Wildman–Crippen LogP) is 2.22. The lowest BCUT2D eigenvalue weighted by molar-refractivity contribution is 0.0924. The van der Waals surface area contributed by atoms with Crippen LogP contribution in [0.3, 0.4) is 0 Å². The Morgan fingerprint density at radius 2 is 1.89 bits per heavy atom. The summed E-state index contributed by atoms with van der Waals surface area (Å²) in [5.74, 6) is 1.20.